The fourth-order valence-electron chi connectivity index (χ4n) is 4.36. The van der Waals surface area contributed by atoms with Crippen LogP contribution in [0.5, 0.6) is 0 Å². The Balaban J connectivity index is 2.37. The molecule has 0 radical (unpaired) electrons. The summed E-state index contributed by atoms with van der Waals surface area (Å²) in [4.78, 5) is 0. The van der Waals surface area contributed by atoms with Crippen LogP contribution in [0.25, 0.3) is 0 Å². The molecule has 3 aliphatic rings. The van der Waals surface area contributed by atoms with Crippen LogP contribution in [0.2, 0.25) is 0 Å². The van der Waals surface area contributed by atoms with Crippen molar-refractivity contribution in [1.82, 2.24) is 0 Å². The lowest BCUT2D eigenvalue weighted by Gasteiger charge is -2.55. The summed E-state index contributed by atoms with van der Waals surface area (Å²) in [5, 5.41) is 0. The third kappa shape index (κ3) is 1.96. The van der Waals surface area contributed by atoms with Crippen molar-refractivity contribution in [3.63, 3.8) is 0 Å². The Kier molecular flexibility index (Phi) is 2.76. The second kappa shape index (κ2) is 3.62. The molecule has 1 fully saturated rings. The zero-order valence-corrected chi connectivity index (χ0v) is 11.9. The highest BCUT2D eigenvalue weighted by Crippen LogP contribution is 2.57. The average molecular weight is 220 g/mol. The van der Waals surface area contributed by atoms with Gasteiger partial charge in [-0.1, -0.05) is 53.7 Å². The number of fused-ring (bicyclic) bond motifs is 2. The molecule has 16 heavy (non-hydrogen) atoms. The van der Waals surface area contributed by atoms with E-state index in [0.29, 0.717) is 10.8 Å². The SMILES string of the molecule is CC(C)(C)[C@@H]1[C@@H](C(C)(C)C)[C@H]2C=C[C@@H]1CC2. The fraction of sp³-hybridized carbons (Fsp3) is 0.875. The van der Waals surface area contributed by atoms with E-state index in [0.717, 1.165) is 23.7 Å². The minimum atomic E-state index is 0.450. The second-order valence-corrected chi connectivity index (χ2v) is 8.07. The van der Waals surface area contributed by atoms with E-state index in [2.05, 4.69) is 53.7 Å². The van der Waals surface area contributed by atoms with Crippen molar-refractivity contribution in [2.24, 2.45) is 34.5 Å². The Morgan fingerprint density at radius 3 is 1.19 bits per heavy atom. The lowest BCUT2D eigenvalue weighted by molar-refractivity contribution is -0.0304. The third-order valence-electron chi connectivity index (χ3n) is 4.75. The van der Waals surface area contributed by atoms with E-state index in [1.807, 2.05) is 0 Å². The van der Waals surface area contributed by atoms with E-state index in [4.69, 9.17) is 0 Å². The van der Waals surface area contributed by atoms with Crippen LogP contribution in [-0.4, -0.2) is 0 Å². The Morgan fingerprint density at radius 2 is 1.00 bits per heavy atom. The van der Waals surface area contributed by atoms with Crippen LogP contribution in [0.4, 0.5) is 0 Å². The topological polar surface area (TPSA) is 0 Å². The predicted octanol–water partition coefficient (Wildman–Crippen LogP) is 4.91. The first-order chi connectivity index (χ1) is 7.21. The minimum absolute atomic E-state index is 0.450. The first kappa shape index (κ1) is 12.2. The molecule has 0 nitrogen and oxygen atoms in total. The zero-order valence-electron chi connectivity index (χ0n) is 11.9. The van der Waals surface area contributed by atoms with Gasteiger partial charge in [0.1, 0.15) is 0 Å². The van der Waals surface area contributed by atoms with Gasteiger partial charge in [-0.05, 0) is 47.3 Å². The molecule has 0 saturated heterocycles. The first-order valence-corrected chi connectivity index (χ1v) is 6.89. The summed E-state index contributed by atoms with van der Waals surface area (Å²) < 4.78 is 0. The van der Waals surface area contributed by atoms with Gasteiger partial charge in [-0.15, -0.1) is 0 Å². The molecule has 3 aliphatic carbocycles. The maximum atomic E-state index is 2.52. The molecule has 0 unspecified atom stereocenters. The zero-order chi connectivity index (χ0) is 12.1. The molecule has 3 rings (SSSR count). The molecule has 0 aromatic heterocycles. The molecule has 92 valence electrons. The minimum Gasteiger partial charge on any atom is -0.0848 e. The van der Waals surface area contributed by atoms with Gasteiger partial charge in [0, 0.05) is 0 Å². The van der Waals surface area contributed by atoms with Crippen molar-refractivity contribution < 1.29 is 0 Å². The molecule has 0 heteroatoms. The quantitative estimate of drug-likeness (QED) is 0.509. The smallest absolute Gasteiger partial charge is 0.0197 e. The van der Waals surface area contributed by atoms with Crippen LogP contribution >= 0.6 is 0 Å². The van der Waals surface area contributed by atoms with Crippen LogP contribution in [-0.2, 0) is 0 Å². The largest absolute Gasteiger partial charge is 0.0848 e. The molecule has 4 atom stereocenters. The maximum Gasteiger partial charge on any atom is -0.0197 e. The molecular weight excluding hydrogens is 192 g/mol. The Bertz CT molecular complexity index is 254. The molecular formula is C16H28. The molecule has 0 spiro atoms. The summed E-state index contributed by atoms with van der Waals surface area (Å²) in [5.74, 6) is 3.43. The van der Waals surface area contributed by atoms with E-state index in [-0.39, 0.29) is 0 Å². The van der Waals surface area contributed by atoms with Gasteiger partial charge in [-0.25, -0.2) is 0 Å². The number of allylic oxidation sites excluding steroid dienone is 2. The number of hydrogen-bond donors (Lipinski definition) is 0. The van der Waals surface area contributed by atoms with Crippen molar-refractivity contribution in [1.29, 1.82) is 0 Å². The predicted molar refractivity (Wildman–Crippen MR) is 71.2 cm³/mol. The third-order valence-corrected chi connectivity index (χ3v) is 4.75. The molecule has 0 aromatic carbocycles. The summed E-state index contributed by atoms with van der Waals surface area (Å²) in [6, 6.07) is 0. The molecule has 0 aromatic rings. The van der Waals surface area contributed by atoms with E-state index >= 15 is 0 Å². The summed E-state index contributed by atoms with van der Waals surface area (Å²) in [6.45, 7) is 14.6. The lowest BCUT2D eigenvalue weighted by Crippen LogP contribution is -2.48. The molecule has 1 saturated carbocycles. The van der Waals surface area contributed by atoms with E-state index in [1.54, 1.807) is 0 Å². The first-order valence-electron chi connectivity index (χ1n) is 6.89. The molecule has 0 aliphatic heterocycles. The summed E-state index contributed by atoms with van der Waals surface area (Å²) in [6.07, 6.45) is 7.89. The number of hydrogen-bond acceptors (Lipinski definition) is 0. The Morgan fingerprint density at radius 1 is 0.688 bits per heavy atom. The van der Waals surface area contributed by atoms with Gasteiger partial charge >= 0.3 is 0 Å². The van der Waals surface area contributed by atoms with Crippen molar-refractivity contribution in [3.05, 3.63) is 12.2 Å². The fourth-order valence-corrected chi connectivity index (χ4v) is 4.36. The van der Waals surface area contributed by atoms with Gasteiger partial charge in [0.05, 0.1) is 0 Å². The maximum absolute atomic E-state index is 2.52. The highest BCUT2D eigenvalue weighted by atomic mass is 14.5. The van der Waals surface area contributed by atoms with Gasteiger partial charge in [-0.3, -0.25) is 0 Å². The monoisotopic (exact) mass is 220 g/mol. The number of rotatable bonds is 0. The standard InChI is InChI=1S/C16H28/c1-15(2,3)13-11-7-9-12(10-8-11)14(13)16(4,5)6/h7,9,11-14H,8,10H2,1-6H3/t11-,12+,13-,14-/m0/s1. The van der Waals surface area contributed by atoms with Crippen molar-refractivity contribution >= 4 is 0 Å². The van der Waals surface area contributed by atoms with Crippen molar-refractivity contribution in [2.75, 3.05) is 0 Å². The average Bonchev–Trinajstić information content (AvgIpc) is 2.15. The molecule has 2 bridgehead atoms. The highest BCUT2D eigenvalue weighted by molar-refractivity contribution is 5.13. The molecule has 0 heterocycles. The van der Waals surface area contributed by atoms with Crippen LogP contribution in [0.1, 0.15) is 54.4 Å². The molecule has 0 amide bonds. The summed E-state index contributed by atoms with van der Waals surface area (Å²) in [7, 11) is 0. The molecule has 0 N–H and O–H groups in total. The summed E-state index contributed by atoms with van der Waals surface area (Å²) >= 11 is 0. The Labute approximate surface area is 102 Å². The van der Waals surface area contributed by atoms with Gasteiger partial charge in [0.15, 0.2) is 0 Å². The van der Waals surface area contributed by atoms with Crippen LogP contribution < -0.4 is 0 Å². The lowest BCUT2D eigenvalue weighted by atomic mass is 9.49. The second-order valence-electron chi connectivity index (χ2n) is 8.07. The van der Waals surface area contributed by atoms with E-state index < -0.39 is 0 Å². The van der Waals surface area contributed by atoms with Crippen LogP contribution in [0.3, 0.4) is 0 Å². The van der Waals surface area contributed by atoms with Crippen molar-refractivity contribution in [2.45, 2.75) is 54.4 Å². The van der Waals surface area contributed by atoms with Gasteiger partial charge in [0.2, 0.25) is 0 Å². The van der Waals surface area contributed by atoms with E-state index in [1.165, 1.54) is 12.8 Å². The van der Waals surface area contributed by atoms with Crippen LogP contribution in [0, 0.1) is 34.5 Å². The van der Waals surface area contributed by atoms with Crippen LogP contribution in [0.15, 0.2) is 12.2 Å². The normalized spacial score (nSPS) is 39.1. The van der Waals surface area contributed by atoms with Crippen molar-refractivity contribution in [3.8, 4) is 0 Å². The van der Waals surface area contributed by atoms with Gasteiger partial charge in [0.25, 0.3) is 0 Å². The Hall–Kier alpha value is -0.260. The van der Waals surface area contributed by atoms with Gasteiger partial charge < -0.3 is 0 Å². The summed E-state index contributed by atoms with van der Waals surface area (Å²) in [5.41, 5.74) is 0.901. The van der Waals surface area contributed by atoms with Gasteiger partial charge in [-0.2, -0.15) is 0 Å². The van der Waals surface area contributed by atoms with E-state index in [9.17, 15) is 0 Å². The highest BCUT2D eigenvalue weighted by Gasteiger charge is 2.49.